The molecule has 0 bridgehead atoms. The molecule has 0 aromatic heterocycles. The fraction of sp³-hybridized carbons (Fsp3) is 0.400. The molecular weight excluding hydrogens is 278 g/mol. The van der Waals surface area contributed by atoms with Crippen LogP contribution < -0.4 is 5.73 Å². The third-order valence-electron chi connectivity index (χ3n) is 2.24. The zero-order chi connectivity index (χ0) is 13.2. The highest BCUT2D eigenvalue weighted by atomic mass is 35.5. The monoisotopic (exact) mass is 287 g/mol. The van der Waals surface area contributed by atoms with E-state index in [1.807, 2.05) is 0 Å². The summed E-state index contributed by atoms with van der Waals surface area (Å²) in [5, 5.41) is 9.84. The third-order valence-corrected chi connectivity index (χ3v) is 3.07. The van der Waals surface area contributed by atoms with Gasteiger partial charge in [-0.05, 0) is 6.07 Å². The van der Waals surface area contributed by atoms with E-state index in [1.165, 1.54) is 18.2 Å². The summed E-state index contributed by atoms with van der Waals surface area (Å²) in [6, 6.07) is 2.27. The minimum absolute atomic E-state index is 0.0380. The van der Waals surface area contributed by atoms with Gasteiger partial charge in [0.15, 0.2) is 0 Å². The highest BCUT2D eigenvalue weighted by Gasteiger charge is 2.38. The molecule has 0 aliphatic heterocycles. The molecule has 0 aliphatic rings. The Morgan fingerprint density at radius 1 is 1.29 bits per heavy atom. The summed E-state index contributed by atoms with van der Waals surface area (Å²) >= 11 is 11.5. The highest BCUT2D eigenvalue weighted by Crippen LogP contribution is 2.33. The van der Waals surface area contributed by atoms with Crippen molar-refractivity contribution in [2.75, 3.05) is 0 Å². The third kappa shape index (κ3) is 3.74. The average Bonchev–Trinajstić information content (AvgIpc) is 2.20. The lowest BCUT2D eigenvalue weighted by Gasteiger charge is -2.20. The molecule has 0 fully saturated rings. The second kappa shape index (κ2) is 5.44. The molecular formula is C10H10Cl2F3NO. The highest BCUT2D eigenvalue weighted by molar-refractivity contribution is 6.42. The number of halogens is 5. The largest absolute Gasteiger partial charge is 0.403 e. The maximum Gasteiger partial charge on any atom is 0.403 e. The maximum atomic E-state index is 12.2. The van der Waals surface area contributed by atoms with Crippen LogP contribution in [-0.2, 0) is 0 Å². The van der Waals surface area contributed by atoms with Crippen LogP contribution >= 0.6 is 23.2 Å². The number of aliphatic hydroxyl groups excluding tert-OH is 1. The molecule has 3 N–H and O–H groups in total. The second-order valence-electron chi connectivity index (χ2n) is 3.54. The molecule has 96 valence electrons. The summed E-state index contributed by atoms with van der Waals surface area (Å²) in [4.78, 5) is 0. The van der Waals surface area contributed by atoms with Crippen LogP contribution in [-0.4, -0.2) is 17.3 Å². The van der Waals surface area contributed by atoms with Crippen molar-refractivity contribution in [3.05, 3.63) is 33.8 Å². The first-order valence-corrected chi connectivity index (χ1v) is 5.43. The van der Waals surface area contributed by atoms with Crippen LogP contribution in [0.25, 0.3) is 0 Å². The Kier molecular flexibility index (Phi) is 4.66. The van der Waals surface area contributed by atoms with Gasteiger partial charge in [0.25, 0.3) is 0 Å². The van der Waals surface area contributed by atoms with E-state index in [4.69, 9.17) is 28.9 Å². The second-order valence-corrected chi connectivity index (χ2v) is 4.33. The van der Waals surface area contributed by atoms with Crippen LogP contribution in [0.15, 0.2) is 18.2 Å². The Morgan fingerprint density at radius 3 is 2.41 bits per heavy atom. The van der Waals surface area contributed by atoms with Gasteiger partial charge in [0.2, 0.25) is 0 Å². The molecule has 1 aromatic carbocycles. The first-order valence-electron chi connectivity index (χ1n) is 4.67. The summed E-state index contributed by atoms with van der Waals surface area (Å²) in [7, 11) is 0. The smallest absolute Gasteiger partial charge is 0.388 e. The number of rotatable bonds is 3. The van der Waals surface area contributed by atoms with Crippen molar-refractivity contribution in [1.82, 2.24) is 0 Å². The van der Waals surface area contributed by atoms with Crippen molar-refractivity contribution < 1.29 is 18.3 Å². The van der Waals surface area contributed by atoms with Gasteiger partial charge in [0.05, 0.1) is 16.1 Å². The van der Waals surface area contributed by atoms with E-state index in [0.29, 0.717) is 0 Å². The standard InChI is InChI=1S/C10H10Cl2F3NO/c11-6-3-1-2-5(9(6)12)7(17)4-8(16)10(13,14)15/h1-3,7-8,17H,4,16H2/t7-,8+/m0/s1. The minimum atomic E-state index is -4.55. The summed E-state index contributed by atoms with van der Waals surface area (Å²) in [5.41, 5.74) is 5.05. The topological polar surface area (TPSA) is 46.2 Å². The maximum absolute atomic E-state index is 12.2. The van der Waals surface area contributed by atoms with Crippen LogP contribution in [0.4, 0.5) is 13.2 Å². The van der Waals surface area contributed by atoms with Crippen molar-refractivity contribution >= 4 is 23.2 Å². The predicted molar refractivity (Wildman–Crippen MR) is 60.1 cm³/mol. The Morgan fingerprint density at radius 2 is 1.88 bits per heavy atom. The molecule has 2 nitrogen and oxygen atoms in total. The molecule has 17 heavy (non-hydrogen) atoms. The van der Waals surface area contributed by atoms with Gasteiger partial charge in [-0.3, -0.25) is 0 Å². The lowest BCUT2D eigenvalue weighted by Crippen LogP contribution is -2.38. The van der Waals surface area contributed by atoms with Crippen molar-refractivity contribution in [3.8, 4) is 0 Å². The quantitative estimate of drug-likeness (QED) is 0.896. The molecule has 0 aliphatic carbocycles. The van der Waals surface area contributed by atoms with Gasteiger partial charge in [-0.25, -0.2) is 0 Å². The summed E-state index contributed by atoms with van der Waals surface area (Å²) in [6.07, 6.45) is -6.62. The number of hydrogen-bond donors (Lipinski definition) is 2. The van der Waals surface area contributed by atoms with Gasteiger partial charge in [-0.2, -0.15) is 13.2 Å². The van der Waals surface area contributed by atoms with E-state index in [1.54, 1.807) is 0 Å². The van der Waals surface area contributed by atoms with E-state index in [9.17, 15) is 18.3 Å². The first-order chi connectivity index (χ1) is 7.73. The number of nitrogens with two attached hydrogens (primary N) is 1. The molecule has 1 rings (SSSR count). The molecule has 0 saturated carbocycles. The molecule has 0 amide bonds. The van der Waals surface area contributed by atoms with Crippen LogP contribution in [0, 0.1) is 0 Å². The van der Waals surface area contributed by atoms with Crippen LogP contribution in [0.2, 0.25) is 10.0 Å². The van der Waals surface area contributed by atoms with Gasteiger partial charge in [0, 0.05) is 12.0 Å². The lowest BCUT2D eigenvalue weighted by molar-refractivity contribution is -0.153. The van der Waals surface area contributed by atoms with Crippen molar-refractivity contribution in [1.29, 1.82) is 0 Å². The van der Waals surface area contributed by atoms with Crippen molar-refractivity contribution in [2.24, 2.45) is 5.73 Å². The van der Waals surface area contributed by atoms with E-state index in [-0.39, 0.29) is 15.6 Å². The Hall–Kier alpha value is -0.490. The van der Waals surface area contributed by atoms with Crippen molar-refractivity contribution in [3.63, 3.8) is 0 Å². The number of aliphatic hydroxyl groups is 1. The fourth-order valence-electron chi connectivity index (χ4n) is 1.28. The number of hydrogen-bond acceptors (Lipinski definition) is 2. The molecule has 1 aromatic rings. The fourth-order valence-corrected chi connectivity index (χ4v) is 1.71. The molecule has 0 spiro atoms. The van der Waals surface area contributed by atoms with Crippen LogP contribution in [0.5, 0.6) is 0 Å². The first kappa shape index (κ1) is 14.6. The Bertz CT molecular complexity index is 398. The summed E-state index contributed by atoms with van der Waals surface area (Å²) in [6.45, 7) is 0. The van der Waals surface area contributed by atoms with Gasteiger partial charge >= 0.3 is 6.18 Å². The number of alkyl halides is 3. The zero-order valence-electron chi connectivity index (χ0n) is 8.51. The van der Waals surface area contributed by atoms with Gasteiger partial charge in [-0.1, -0.05) is 35.3 Å². The summed E-state index contributed by atoms with van der Waals surface area (Å²) < 4.78 is 36.6. The molecule has 0 saturated heterocycles. The summed E-state index contributed by atoms with van der Waals surface area (Å²) in [5.74, 6) is 0. The van der Waals surface area contributed by atoms with Gasteiger partial charge in [0.1, 0.15) is 6.04 Å². The van der Waals surface area contributed by atoms with Gasteiger partial charge < -0.3 is 10.8 Å². The number of benzene rings is 1. The average molecular weight is 288 g/mol. The normalized spacial score (nSPS) is 15.7. The van der Waals surface area contributed by atoms with Gasteiger partial charge in [-0.15, -0.1) is 0 Å². The molecule has 7 heteroatoms. The van der Waals surface area contributed by atoms with E-state index in [2.05, 4.69) is 0 Å². The zero-order valence-corrected chi connectivity index (χ0v) is 10.0. The molecule has 0 radical (unpaired) electrons. The SMILES string of the molecule is N[C@H](C[C@H](O)c1cccc(Cl)c1Cl)C(F)(F)F. The Balaban J connectivity index is 2.84. The van der Waals surface area contributed by atoms with Crippen molar-refractivity contribution in [2.45, 2.75) is 24.7 Å². The van der Waals surface area contributed by atoms with E-state index < -0.39 is 24.7 Å². The minimum Gasteiger partial charge on any atom is -0.388 e. The lowest BCUT2D eigenvalue weighted by atomic mass is 10.0. The van der Waals surface area contributed by atoms with Crippen LogP contribution in [0.3, 0.4) is 0 Å². The molecule has 0 heterocycles. The molecule has 0 unspecified atom stereocenters. The predicted octanol–water partition coefficient (Wildman–Crippen LogP) is 3.31. The molecule has 2 atom stereocenters. The van der Waals surface area contributed by atoms with Crippen LogP contribution in [0.1, 0.15) is 18.1 Å². The van der Waals surface area contributed by atoms with E-state index >= 15 is 0 Å². The Labute approximate surface area is 106 Å². The van der Waals surface area contributed by atoms with E-state index in [0.717, 1.165) is 0 Å².